The number of likely N-dealkylation sites (tertiary alicyclic amines) is 1. The molecule has 2 unspecified atom stereocenters. The average Bonchev–Trinajstić information content (AvgIpc) is 2.68. The maximum Gasteiger partial charge on any atom is 0.319 e. The number of urea groups is 1. The maximum atomic E-state index is 12.7. The summed E-state index contributed by atoms with van der Waals surface area (Å²) in [6.45, 7) is 3.32. The second-order valence-electron chi connectivity index (χ2n) is 6.87. The number of para-hydroxylation sites is 1. The largest absolute Gasteiger partial charge is 0.378 e. The first-order valence-electron chi connectivity index (χ1n) is 9.43. The van der Waals surface area contributed by atoms with Crippen LogP contribution < -0.4 is 16.0 Å². The molecule has 3 N–H and O–H groups in total. The molecule has 2 aliphatic heterocycles. The predicted molar refractivity (Wildman–Crippen MR) is 107 cm³/mol. The SMILES string of the molecule is Cl.O=C(NCC1CCCCN1C(=O)CC1COCCN1)Nc1ccccc1. The van der Waals surface area contributed by atoms with E-state index >= 15 is 0 Å². The molecule has 0 aromatic heterocycles. The van der Waals surface area contributed by atoms with E-state index in [0.29, 0.717) is 26.2 Å². The Morgan fingerprint density at radius 1 is 1.22 bits per heavy atom. The van der Waals surface area contributed by atoms with Gasteiger partial charge in [0, 0.05) is 43.8 Å². The Labute approximate surface area is 166 Å². The lowest BCUT2D eigenvalue weighted by Crippen LogP contribution is -2.52. The Bertz CT molecular complexity index is 596. The van der Waals surface area contributed by atoms with Crippen LogP contribution in [0, 0.1) is 0 Å². The molecule has 0 spiro atoms. The number of nitrogens with one attached hydrogen (secondary N) is 3. The molecule has 2 heterocycles. The highest BCUT2D eigenvalue weighted by Crippen LogP contribution is 2.18. The highest BCUT2D eigenvalue weighted by atomic mass is 35.5. The molecule has 0 saturated carbocycles. The van der Waals surface area contributed by atoms with Gasteiger partial charge >= 0.3 is 6.03 Å². The number of carbonyl (C=O) groups excluding carboxylic acids is 2. The number of rotatable bonds is 5. The molecule has 0 bridgehead atoms. The van der Waals surface area contributed by atoms with E-state index in [1.54, 1.807) is 0 Å². The summed E-state index contributed by atoms with van der Waals surface area (Å²) in [5.74, 6) is 0.142. The summed E-state index contributed by atoms with van der Waals surface area (Å²) in [6.07, 6.45) is 3.48. The molecule has 8 heteroatoms. The minimum atomic E-state index is -0.239. The zero-order valence-corrected chi connectivity index (χ0v) is 16.3. The van der Waals surface area contributed by atoms with Crippen molar-refractivity contribution in [1.29, 1.82) is 0 Å². The van der Waals surface area contributed by atoms with Crippen LogP contribution in [0.15, 0.2) is 30.3 Å². The Morgan fingerprint density at radius 3 is 2.78 bits per heavy atom. The molecule has 0 aliphatic carbocycles. The number of anilines is 1. The first-order valence-corrected chi connectivity index (χ1v) is 9.43. The van der Waals surface area contributed by atoms with Crippen molar-refractivity contribution in [2.45, 2.75) is 37.8 Å². The summed E-state index contributed by atoms with van der Waals surface area (Å²) in [4.78, 5) is 26.7. The van der Waals surface area contributed by atoms with Gasteiger partial charge in [0.05, 0.1) is 13.2 Å². The second-order valence-corrected chi connectivity index (χ2v) is 6.87. The zero-order valence-electron chi connectivity index (χ0n) is 15.5. The first kappa shape index (κ1) is 21.5. The van der Waals surface area contributed by atoms with Crippen LogP contribution >= 0.6 is 12.4 Å². The first-order chi connectivity index (χ1) is 12.7. The summed E-state index contributed by atoms with van der Waals surface area (Å²) in [6, 6.07) is 9.25. The van der Waals surface area contributed by atoms with Crippen molar-refractivity contribution in [2.75, 3.05) is 38.2 Å². The third-order valence-corrected chi connectivity index (χ3v) is 4.90. The molecule has 2 aliphatic rings. The van der Waals surface area contributed by atoms with Crippen molar-refractivity contribution >= 4 is 30.0 Å². The van der Waals surface area contributed by atoms with Gasteiger partial charge in [-0.2, -0.15) is 0 Å². The molecule has 2 atom stereocenters. The van der Waals surface area contributed by atoms with Crippen molar-refractivity contribution in [1.82, 2.24) is 15.5 Å². The van der Waals surface area contributed by atoms with E-state index in [-0.39, 0.29) is 36.4 Å². The van der Waals surface area contributed by atoms with Crippen LogP contribution in [0.2, 0.25) is 0 Å². The van der Waals surface area contributed by atoms with Crippen molar-refractivity contribution < 1.29 is 14.3 Å². The van der Waals surface area contributed by atoms with E-state index in [1.807, 2.05) is 35.2 Å². The Hall–Kier alpha value is -1.83. The lowest BCUT2D eigenvalue weighted by Gasteiger charge is -2.37. The lowest BCUT2D eigenvalue weighted by atomic mass is 10.0. The molecule has 1 aromatic rings. The van der Waals surface area contributed by atoms with Crippen molar-refractivity contribution in [3.05, 3.63) is 30.3 Å². The Kier molecular flexibility index (Phi) is 8.84. The van der Waals surface area contributed by atoms with Crippen molar-refractivity contribution in [3.63, 3.8) is 0 Å². The number of nitrogens with zero attached hydrogens (tertiary/aromatic N) is 1. The summed E-state index contributed by atoms with van der Waals surface area (Å²) in [7, 11) is 0. The number of halogens is 1. The minimum Gasteiger partial charge on any atom is -0.378 e. The highest BCUT2D eigenvalue weighted by molar-refractivity contribution is 5.89. The van der Waals surface area contributed by atoms with Crippen LogP contribution in [0.25, 0.3) is 0 Å². The highest BCUT2D eigenvalue weighted by Gasteiger charge is 2.29. The van der Waals surface area contributed by atoms with E-state index in [2.05, 4.69) is 16.0 Å². The summed E-state index contributed by atoms with van der Waals surface area (Å²) >= 11 is 0. The van der Waals surface area contributed by atoms with Crippen molar-refractivity contribution in [3.8, 4) is 0 Å². The fraction of sp³-hybridized carbons (Fsp3) is 0.579. The number of amides is 3. The standard InChI is InChI=1S/C19H28N4O3.ClH/c24-18(12-16-14-26-11-9-20-16)23-10-5-4-8-17(23)13-21-19(25)22-15-6-2-1-3-7-15;/h1-3,6-7,16-17,20H,4-5,8-14H2,(H2,21,22,25);1H. The van der Waals surface area contributed by atoms with Gasteiger partial charge in [-0.3, -0.25) is 4.79 Å². The Morgan fingerprint density at radius 2 is 2.04 bits per heavy atom. The molecule has 1 aromatic carbocycles. The third kappa shape index (κ3) is 6.68. The number of morpholine rings is 1. The molecule has 3 rings (SSSR count). The second kappa shape index (κ2) is 11.1. The zero-order chi connectivity index (χ0) is 18.2. The van der Waals surface area contributed by atoms with E-state index in [0.717, 1.165) is 38.0 Å². The van der Waals surface area contributed by atoms with Crippen molar-refractivity contribution in [2.24, 2.45) is 0 Å². The Balaban J connectivity index is 0.00000261. The van der Waals surface area contributed by atoms with E-state index in [4.69, 9.17) is 4.74 Å². The smallest absolute Gasteiger partial charge is 0.319 e. The van der Waals surface area contributed by atoms with E-state index in [1.165, 1.54) is 0 Å². The van der Waals surface area contributed by atoms with Gasteiger partial charge in [0.2, 0.25) is 5.91 Å². The predicted octanol–water partition coefficient (Wildman–Crippen LogP) is 1.99. The van der Waals surface area contributed by atoms with E-state index in [9.17, 15) is 9.59 Å². The molecule has 2 saturated heterocycles. The van der Waals surface area contributed by atoms with Gasteiger partial charge in [0.15, 0.2) is 0 Å². The topological polar surface area (TPSA) is 82.7 Å². The molecule has 0 radical (unpaired) electrons. The number of benzene rings is 1. The molecule has 27 heavy (non-hydrogen) atoms. The van der Waals surface area contributed by atoms with Gasteiger partial charge in [-0.1, -0.05) is 18.2 Å². The van der Waals surface area contributed by atoms with Gasteiger partial charge in [0.25, 0.3) is 0 Å². The minimum absolute atomic E-state index is 0. The van der Waals surface area contributed by atoms with Crippen LogP contribution in [0.4, 0.5) is 10.5 Å². The number of ether oxygens (including phenoxy) is 1. The molecular formula is C19H29ClN4O3. The van der Waals surface area contributed by atoms with Gasteiger partial charge in [-0.05, 0) is 31.4 Å². The van der Waals surface area contributed by atoms with Gasteiger partial charge in [0.1, 0.15) is 0 Å². The summed E-state index contributed by atoms with van der Waals surface area (Å²) < 4.78 is 5.43. The van der Waals surface area contributed by atoms with E-state index < -0.39 is 0 Å². The average molecular weight is 397 g/mol. The fourth-order valence-electron chi connectivity index (χ4n) is 3.53. The normalized spacial score (nSPS) is 22.4. The van der Waals surface area contributed by atoms with Crippen LogP contribution in [-0.2, 0) is 9.53 Å². The molecular weight excluding hydrogens is 368 g/mol. The van der Waals surface area contributed by atoms with Crippen LogP contribution in [0.5, 0.6) is 0 Å². The lowest BCUT2D eigenvalue weighted by molar-refractivity contribution is -0.136. The monoisotopic (exact) mass is 396 g/mol. The summed E-state index contributed by atoms with van der Waals surface area (Å²) in [5, 5.41) is 9.05. The molecule has 3 amide bonds. The summed E-state index contributed by atoms with van der Waals surface area (Å²) in [5.41, 5.74) is 0.755. The number of piperidine rings is 1. The number of hydrogen-bond acceptors (Lipinski definition) is 4. The fourth-order valence-corrected chi connectivity index (χ4v) is 3.53. The molecule has 7 nitrogen and oxygen atoms in total. The van der Waals surface area contributed by atoms with Gasteiger partial charge in [-0.25, -0.2) is 4.79 Å². The maximum absolute atomic E-state index is 12.7. The number of carbonyl (C=O) groups is 2. The molecule has 150 valence electrons. The molecule has 2 fully saturated rings. The van der Waals surface area contributed by atoms with Gasteiger partial charge in [-0.15, -0.1) is 12.4 Å². The van der Waals surface area contributed by atoms with Crippen LogP contribution in [0.3, 0.4) is 0 Å². The number of hydrogen-bond donors (Lipinski definition) is 3. The third-order valence-electron chi connectivity index (χ3n) is 4.90. The van der Waals surface area contributed by atoms with Crippen LogP contribution in [0.1, 0.15) is 25.7 Å². The van der Waals surface area contributed by atoms with Crippen LogP contribution in [-0.4, -0.2) is 61.8 Å². The quantitative estimate of drug-likeness (QED) is 0.710. The van der Waals surface area contributed by atoms with Gasteiger partial charge < -0.3 is 25.6 Å².